The Morgan fingerprint density at radius 3 is 1.30 bits per heavy atom. The lowest BCUT2D eigenvalue weighted by Crippen LogP contribution is -2.25. The van der Waals surface area contributed by atoms with Crippen molar-refractivity contribution < 1.29 is 49.2 Å². The van der Waals surface area contributed by atoms with E-state index in [1.54, 1.807) is 72.8 Å². The van der Waals surface area contributed by atoms with E-state index >= 15 is 0 Å². The topological polar surface area (TPSA) is 147 Å². The van der Waals surface area contributed by atoms with Crippen LogP contribution in [-0.2, 0) is 32.1 Å². The second-order valence-corrected chi connectivity index (χ2v) is 14.9. The molecule has 328 valence electrons. The summed E-state index contributed by atoms with van der Waals surface area (Å²) in [6, 6.07) is 31.4. The minimum Gasteiger partial charge on any atom is -0.504 e. The van der Waals surface area contributed by atoms with Gasteiger partial charge in [0.2, 0.25) is 17.2 Å². The molecule has 0 spiro atoms. The number of phenolic OH excluding ortho intramolecular Hbond substituents is 3. The van der Waals surface area contributed by atoms with E-state index in [0.29, 0.717) is 54.9 Å². The van der Waals surface area contributed by atoms with Crippen LogP contribution in [0, 0.1) is 0 Å². The molecular formula is C54H52O10. The van der Waals surface area contributed by atoms with E-state index in [-0.39, 0.29) is 45.8 Å². The Kier molecular flexibility index (Phi) is 15.7. The van der Waals surface area contributed by atoms with Crippen LogP contribution in [0.15, 0.2) is 172 Å². The van der Waals surface area contributed by atoms with Crippen LogP contribution in [0.3, 0.4) is 0 Å². The molecule has 0 aliphatic rings. The van der Waals surface area contributed by atoms with Gasteiger partial charge in [0.05, 0.1) is 0 Å². The number of aliphatic hydroxyl groups excluding tert-OH is 2. The van der Waals surface area contributed by atoms with Crippen LogP contribution in [-0.4, -0.2) is 38.2 Å². The fourth-order valence-electron chi connectivity index (χ4n) is 6.70. The number of benzene rings is 6. The molecule has 0 saturated heterocycles. The Morgan fingerprint density at radius 1 is 0.422 bits per heavy atom. The van der Waals surface area contributed by atoms with E-state index in [4.69, 9.17) is 23.7 Å². The SMILES string of the molecule is C=CCc1ccc(Oc2cc(CC=C)cc(OCC(O)C(O)c3cc(O)c(O)c(Oc4cc(CC=C)cc(Oc5ccc(CC=C)cc5)c4Oc4ccc(CC=C)cc4)c3)c2O)cc1. The molecule has 2 atom stereocenters. The molecule has 0 heterocycles. The van der Waals surface area contributed by atoms with Gasteiger partial charge in [-0.1, -0.05) is 66.8 Å². The number of hydrogen-bond acceptors (Lipinski definition) is 10. The Bertz CT molecular complexity index is 2580. The predicted molar refractivity (Wildman–Crippen MR) is 250 cm³/mol. The van der Waals surface area contributed by atoms with Crippen molar-refractivity contribution in [2.75, 3.05) is 6.61 Å². The summed E-state index contributed by atoms with van der Waals surface area (Å²) in [4.78, 5) is 0. The highest BCUT2D eigenvalue weighted by molar-refractivity contribution is 5.61. The van der Waals surface area contributed by atoms with Crippen LogP contribution in [0.25, 0.3) is 0 Å². The lowest BCUT2D eigenvalue weighted by atomic mass is 10.0. The second-order valence-electron chi connectivity index (χ2n) is 14.9. The largest absolute Gasteiger partial charge is 0.504 e. The van der Waals surface area contributed by atoms with Crippen molar-refractivity contribution in [2.45, 2.75) is 44.3 Å². The first kappa shape index (κ1) is 45.9. The van der Waals surface area contributed by atoms with E-state index in [2.05, 4.69) is 32.9 Å². The highest BCUT2D eigenvalue weighted by Crippen LogP contribution is 2.49. The molecule has 64 heavy (non-hydrogen) atoms. The smallest absolute Gasteiger partial charge is 0.212 e. The summed E-state index contributed by atoms with van der Waals surface area (Å²) >= 11 is 0. The zero-order valence-electron chi connectivity index (χ0n) is 35.5. The second kappa shape index (κ2) is 21.9. The lowest BCUT2D eigenvalue weighted by molar-refractivity contribution is -0.00966. The first-order valence-corrected chi connectivity index (χ1v) is 20.6. The first-order chi connectivity index (χ1) is 31.0. The van der Waals surface area contributed by atoms with E-state index in [0.717, 1.165) is 28.3 Å². The molecule has 0 radical (unpaired) electrons. The third kappa shape index (κ3) is 11.8. The summed E-state index contributed by atoms with van der Waals surface area (Å²) in [5.41, 5.74) is 4.53. The average Bonchev–Trinajstić information content (AvgIpc) is 3.28. The quantitative estimate of drug-likeness (QED) is 0.0311. The minimum atomic E-state index is -1.67. The Labute approximate surface area is 373 Å². The van der Waals surface area contributed by atoms with Crippen molar-refractivity contribution in [3.8, 4) is 69.0 Å². The van der Waals surface area contributed by atoms with Crippen LogP contribution < -0.4 is 23.7 Å². The summed E-state index contributed by atoms with van der Waals surface area (Å²) in [6.07, 6.45) is 8.43. The molecule has 2 unspecified atom stereocenters. The molecule has 0 amide bonds. The van der Waals surface area contributed by atoms with Gasteiger partial charge in [0.15, 0.2) is 34.5 Å². The van der Waals surface area contributed by atoms with Gasteiger partial charge in [-0.2, -0.15) is 0 Å². The van der Waals surface area contributed by atoms with E-state index in [1.165, 1.54) is 6.07 Å². The van der Waals surface area contributed by atoms with Crippen molar-refractivity contribution >= 4 is 0 Å². The minimum absolute atomic E-state index is 0.00513. The average molecular weight is 861 g/mol. The van der Waals surface area contributed by atoms with Gasteiger partial charge in [0, 0.05) is 0 Å². The van der Waals surface area contributed by atoms with Gasteiger partial charge in [-0.15, -0.1) is 32.9 Å². The van der Waals surface area contributed by atoms with Gasteiger partial charge in [0.25, 0.3) is 0 Å². The van der Waals surface area contributed by atoms with Gasteiger partial charge < -0.3 is 49.2 Å². The number of ether oxygens (including phenoxy) is 5. The third-order valence-corrected chi connectivity index (χ3v) is 9.94. The molecule has 0 aliphatic heterocycles. The van der Waals surface area contributed by atoms with Crippen LogP contribution in [0.1, 0.15) is 39.5 Å². The molecule has 10 heteroatoms. The molecule has 0 fully saturated rings. The summed E-state index contributed by atoms with van der Waals surface area (Å²) in [5.74, 6) is 0.228. The predicted octanol–water partition coefficient (Wildman–Crippen LogP) is 12.1. The standard InChI is InChI=1S/C54H52O10/c1-6-11-35-16-22-41(23-17-35)61-47-29-38(14-9-4)28-46(53(47)59)60-34-45(56)51(57)40-32-44(55)52(58)48(33-40)64-50-31-39(15-10-5)30-49(62-42-24-18-36(12-7-2)19-25-42)54(50)63-43-26-20-37(13-8-3)21-27-43/h6-10,16-33,45,51,55-59H,1-5,11-15,34H2. The van der Waals surface area contributed by atoms with Crippen molar-refractivity contribution in [3.63, 3.8) is 0 Å². The summed E-state index contributed by atoms with van der Waals surface area (Å²) < 4.78 is 31.1. The Balaban J connectivity index is 1.29. The molecule has 0 aromatic heterocycles. The fourth-order valence-corrected chi connectivity index (χ4v) is 6.70. The van der Waals surface area contributed by atoms with Gasteiger partial charge in [-0.05, 0) is 138 Å². The summed E-state index contributed by atoms with van der Waals surface area (Å²) in [5, 5.41) is 55.9. The number of allylic oxidation sites excluding steroid dienone is 5. The zero-order chi connectivity index (χ0) is 45.6. The number of phenols is 3. The van der Waals surface area contributed by atoms with Crippen LogP contribution in [0.4, 0.5) is 0 Å². The Morgan fingerprint density at radius 2 is 0.812 bits per heavy atom. The first-order valence-electron chi connectivity index (χ1n) is 20.6. The van der Waals surface area contributed by atoms with E-state index in [1.807, 2.05) is 54.6 Å². The van der Waals surface area contributed by atoms with E-state index < -0.39 is 30.3 Å². The monoisotopic (exact) mass is 860 g/mol. The van der Waals surface area contributed by atoms with Crippen LogP contribution in [0.5, 0.6) is 69.0 Å². The normalized spacial score (nSPS) is 11.7. The molecule has 6 rings (SSSR count). The van der Waals surface area contributed by atoms with Crippen molar-refractivity contribution in [2.24, 2.45) is 0 Å². The molecule has 0 bridgehead atoms. The molecule has 0 saturated carbocycles. The van der Waals surface area contributed by atoms with Gasteiger partial charge in [-0.25, -0.2) is 0 Å². The van der Waals surface area contributed by atoms with E-state index in [9.17, 15) is 25.5 Å². The highest BCUT2D eigenvalue weighted by Gasteiger charge is 2.26. The molecular weight excluding hydrogens is 809 g/mol. The molecule has 5 N–H and O–H groups in total. The maximum Gasteiger partial charge on any atom is 0.212 e. The lowest BCUT2D eigenvalue weighted by Gasteiger charge is -2.22. The number of aliphatic hydroxyl groups is 2. The van der Waals surface area contributed by atoms with Crippen molar-refractivity contribution in [1.29, 1.82) is 0 Å². The number of hydrogen-bond donors (Lipinski definition) is 5. The van der Waals surface area contributed by atoms with Crippen molar-refractivity contribution in [1.82, 2.24) is 0 Å². The highest BCUT2D eigenvalue weighted by atomic mass is 16.5. The van der Waals surface area contributed by atoms with Gasteiger partial charge in [0.1, 0.15) is 36.1 Å². The van der Waals surface area contributed by atoms with Gasteiger partial charge >= 0.3 is 0 Å². The molecule has 10 nitrogen and oxygen atoms in total. The van der Waals surface area contributed by atoms with Gasteiger partial charge in [-0.3, -0.25) is 0 Å². The van der Waals surface area contributed by atoms with Crippen LogP contribution in [0.2, 0.25) is 0 Å². The molecule has 0 aliphatic carbocycles. The number of rotatable bonds is 23. The fraction of sp³-hybridized carbons (Fsp3) is 0.148. The summed E-state index contributed by atoms with van der Waals surface area (Å²) in [6.45, 7) is 18.6. The summed E-state index contributed by atoms with van der Waals surface area (Å²) in [7, 11) is 0. The maximum atomic E-state index is 11.4. The maximum absolute atomic E-state index is 11.4. The molecule has 6 aromatic rings. The zero-order valence-corrected chi connectivity index (χ0v) is 35.5. The van der Waals surface area contributed by atoms with Crippen molar-refractivity contribution in [3.05, 3.63) is 206 Å². The Hall–Kier alpha value is -7.66. The number of aromatic hydroxyl groups is 3. The third-order valence-electron chi connectivity index (χ3n) is 9.94. The van der Waals surface area contributed by atoms with Crippen LogP contribution >= 0.6 is 0 Å². The molecule has 6 aromatic carbocycles.